The highest BCUT2D eigenvalue weighted by Crippen LogP contribution is 2.37. The van der Waals surface area contributed by atoms with Crippen LogP contribution in [0.1, 0.15) is 35.6 Å². The number of carbonyl (C=O) groups excluding carboxylic acids is 2. The number of ether oxygens (including phenoxy) is 1. The summed E-state index contributed by atoms with van der Waals surface area (Å²) < 4.78 is 5.80. The van der Waals surface area contributed by atoms with Crippen molar-refractivity contribution in [2.24, 2.45) is 0 Å². The average molecular weight is 429 g/mol. The first-order valence-corrected chi connectivity index (χ1v) is 10.9. The van der Waals surface area contributed by atoms with Crippen molar-refractivity contribution in [1.82, 2.24) is 0 Å². The Balaban J connectivity index is 1.49. The first-order valence-electron chi connectivity index (χ1n) is 10.9. The van der Waals surface area contributed by atoms with Gasteiger partial charge >= 0.3 is 0 Å². The highest BCUT2D eigenvalue weighted by molar-refractivity contribution is 6.01. The Morgan fingerprint density at radius 3 is 2.22 bits per heavy atom. The molecular formula is C27H28N2O3. The summed E-state index contributed by atoms with van der Waals surface area (Å²) >= 11 is 0. The molecule has 0 saturated heterocycles. The molecule has 32 heavy (non-hydrogen) atoms. The molecule has 1 aliphatic heterocycles. The number of anilines is 2. The largest absolute Gasteiger partial charge is 0.479 e. The number of hydrogen-bond donors (Lipinski definition) is 1. The molecule has 1 heterocycles. The van der Waals surface area contributed by atoms with Crippen molar-refractivity contribution in [2.45, 2.75) is 46.3 Å². The maximum absolute atomic E-state index is 12.9. The maximum atomic E-state index is 12.9. The summed E-state index contributed by atoms with van der Waals surface area (Å²) in [5.41, 5.74) is 5.87. The molecule has 0 spiro atoms. The van der Waals surface area contributed by atoms with Crippen molar-refractivity contribution in [3.05, 3.63) is 89.0 Å². The van der Waals surface area contributed by atoms with Crippen LogP contribution in [0.3, 0.4) is 0 Å². The predicted octanol–water partition coefficient (Wildman–Crippen LogP) is 5.19. The summed E-state index contributed by atoms with van der Waals surface area (Å²) in [7, 11) is 0. The smallest absolute Gasteiger partial charge is 0.268 e. The fourth-order valence-corrected chi connectivity index (χ4v) is 3.76. The molecule has 1 unspecified atom stereocenters. The molecule has 5 nitrogen and oxygen atoms in total. The van der Waals surface area contributed by atoms with Crippen molar-refractivity contribution in [1.29, 1.82) is 0 Å². The number of amides is 2. The fraction of sp³-hybridized carbons (Fsp3) is 0.259. The van der Waals surface area contributed by atoms with Gasteiger partial charge in [-0.25, -0.2) is 0 Å². The zero-order valence-electron chi connectivity index (χ0n) is 18.7. The first-order chi connectivity index (χ1) is 15.4. The summed E-state index contributed by atoms with van der Waals surface area (Å²) in [6, 6.07) is 21.8. The Labute approximate surface area is 189 Å². The van der Waals surface area contributed by atoms with Crippen LogP contribution in [0.5, 0.6) is 5.75 Å². The minimum Gasteiger partial charge on any atom is -0.479 e. The van der Waals surface area contributed by atoms with Gasteiger partial charge in [-0.15, -0.1) is 0 Å². The van der Waals surface area contributed by atoms with Crippen molar-refractivity contribution in [3.63, 3.8) is 0 Å². The summed E-state index contributed by atoms with van der Waals surface area (Å²) in [6.45, 7) is 6.29. The number of benzene rings is 3. The molecule has 0 aliphatic carbocycles. The highest BCUT2D eigenvalue weighted by atomic mass is 16.5. The lowest BCUT2D eigenvalue weighted by molar-refractivity contribution is -0.125. The summed E-state index contributed by atoms with van der Waals surface area (Å²) in [5, 5.41) is 2.96. The van der Waals surface area contributed by atoms with E-state index in [0.29, 0.717) is 36.5 Å². The number of rotatable bonds is 6. The van der Waals surface area contributed by atoms with E-state index in [-0.39, 0.29) is 11.8 Å². The number of hydrogen-bond acceptors (Lipinski definition) is 3. The molecule has 1 N–H and O–H groups in total. The van der Waals surface area contributed by atoms with Gasteiger partial charge in [0.25, 0.3) is 5.91 Å². The van der Waals surface area contributed by atoms with Gasteiger partial charge in [-0.05, 0) is 56.5 Å². The lowest BCUT2D eigenvalue weighted by Crippen LogP contribution is -2.44. The van der Waals surface area contributed by atoms with Gasteiger partial charge in [-0.3, -0.25) is 9.59 Å². The normalized spacial score (nSPS) is 15.2. The zero-order chi connectivity index (χ0) is 22.7. The van der Waals surface area contributed by atoms with E-state index >= 15 is 0 Å². The average Bonchev–Trinajstić information content (AvgIpc) is 2.78. The van der Waals surface area contributed by atoms with Crippen LogP contribution in [0.15, 0.2) is 66.7 Å². The molecule has 0 fully saturated rings. The Morgan fingerprint density at radius 1 is 0.938 bits per heavy atom. The number of nitrogens with one attached hydrogen (secondary N) is 1. The molecule has 0 radical (unpaired) electrons. The van der Waals surface area contributed by atoms with Gasteiger partial charge in [0.15, 0.2) is 6.10 Å². The summed E-state index contributed by atoms with van der Waals surface area (Å²) in [5.74, 6) is 0.481. The zero-order valence-corrected chi connectivity index (χ0v) is 18.7. The molecule has 0 aromatic heterocycles. The topological polar surface area (TPSA) is 58.6 Å². The van der Waals surface area contributed by atoms with Crippen molar-refractivity contribution in [2.75, 3.05) is 10.2 Å². The van der Waals surface area contributed by atoms with Crippen molar-refractivity contribution in [3.8, 4) is 5.75 Å². The van der Waals surface area contributed by atoms with E-state index in [1.807, 2.05) is 56.3 Å². The number of fused-ring (bicyclic) bond motifs is 1. The van der Waals surface area contributed by atoms with Gasteiger partial charge in [0.05, 0.1) is 12.2 Å². The SMILES string of the molecule is Cc1ccc(CCC(=O)Nc2ccc3c(c2)N(Cc2ccc(C)cc2)C(=O)C(C)O3)cc1. The highest BCUT2D eigenvalue weighted by Gasteiger charge is 2.31. The minimum absolute atomic E-state index is 0.0629. The lowest BCUT2D eigenvalue weighted by Gasteiger charge is -2.33. The van der Waals surface area contributed by atoms with E-state index in [9.17, 15) is 9.59 Å². The van der Waals surface area contributed by atoms with E-state index < -0.39 is 6.10 Å². The van der Waals surface area contributed by atoms with Crippen LogP contribution in [0, 0.1) is 13.8 Å². The van der Waals surface area contributed by atoms with Gasteiger partial charge in [-0.1, -0.05) is 59.7 Å². The molecule has 3 aromatic carbocycles. The van der Waals surface area contributed by atoms with E-state index in [1.54, 1.807) is 11.8 Å². The molecule has 5 heteroatoms. The van der Waals surface area contributed by atoms with E-state index in [1.165, 1.54) is 11.1 Å². The van der Waals surface area contributed by atoms with Crippen LogP contribution in [-0.2, 0) is 22.6 Å². The second-order valence-electron chi connectivity index (χ2n) is 8.39. The van der Waals surface area contributed by atoms with Crippen molar-refractivity contribution >= 4 is 23.2 Å². The second-order valence-corrected chi connectivity index (χ2v) is 8.39. The monoisotopic (exact) mass is 428 g/mol. The van der Waals surface area contributed by atoms with Gasteiger partial charge in [0, 0.05) is 12.1 Å². The summed E-state index contributed by atoms with van der Waals surface area (Å²) in [6.07, 6.45) is 0.512. The molecule has 1 aliphatic rings. The number of carbonyl (C=O) groups is 2. The fourth-order valence-electron chi connectivity index (χ4n) is 3.76. The molecule has 164 valence electrons. The predicted molar refractivity (Wildman–Crippen MR) is 127 cm³/mol. The summed E-state index contributed by atoms with van der Waals surface area (Å²) in [4.78, 5) is 27.1. The minimum atomic E-state index is -0.553. The molecule has 0 bridgehead atoms. The Hall–Kier alpha value is -3.60. The molecule has 0 saturated carbocycles. The van der Waals surface area contributed by atoms with Crippen LogP contribution in [-0.4, -0.2) is 17.9 Å². The van der Waals surface area contributed by atoms with E-state index in [4.69, 9.17) is 4.74 Å². The third-order valence-electron chi connectivity index (χ3n) is 5.67. The van der Waals surface area contributed by atoms with Crippen LogP contribution in [0.4, 0.5) is 11.4 Å². The van der Waals surface area contributed by atoms with Gasteiger partial charge < -0.3 is 15.0 Å². The van der Waals surface area contributed by atoms with Gasteiger partial charge in [-0.2, -0.15) is 0 Å². The second kappa shape index (κ2) is 9.27. The Kier molecular flexibility index (Phi) is 6.26. The van der Waals surface area contributed by atoms with Crippen LogP contribution < -0.4 is 15.0 Å². The van der Waals surface area contributed by atoms with Crippen molar-refractivity contribution < 1.29 is 14.3 Å². The van der Waals surface area contributed by atoms with E-state index in [0.717, 1.165) is 11.1 Å². The lowest BCUT2D eigenvalue weighted by atomic mass is 10.1. The molecule has 3 aromatic rings. The third-order valence-corrected chi connectivity index (χ3v) is 5.67. The Bertz CT molecular complexity index is 1120. The molecule has 4 rings (SSSR count). The standard InChI is InChI=1S/C27H28N2O3/c1-18-4-8-21(9-5-18)12-15-26(30)28-23-13-14-25-24(16-23)29(27(31)20(3)32-25)17-22-10-6-19(2)7-11-22/h4-11,13-14,16,20H,12,15,17H2,1-3H3,(H,28,30). The van der Waals surface area contributed by atoms with Crippen LogP contribution in [0.2, 0.25) is 0 Å². The third kappa shape index (κ3) is 4.99. The molecule has 1 atom stereocenters. The quantitative estimate of drug-likeness (QED) is 0.588. The van der Waals surface area contributed by atoms with E-state index in [2.05, 4.69) is 29.6 Å². The number of nitrogens with zero attached hydrogens (tertiary/aromatic N) is 1. The van der Waals surface area contributed by atoms with Crippen LogP contribution in [0.25, 0.3) is 0 Å². The number of aryl methyl sites for hydroxylation is 3. The first kappa shape index (κ1) is 21.6. The van der Waals surface area contributed by atoms with Gasteiger partial charge in [0.1, 0.15) is 5.75 Å². The van der Waals surface area contributed by atoms with Crippen LogP contribution >= 0.6 is 0 Å². The molecular weight excluding hydrogens is 400 g/mol. The molecule has 2 amide bonds. The Morgan fingerprint density at radius 2 is 1.56 bits per heavy atom. The van der Waals surface area contributed by atoms with Gasteiger partial charge in [0.2, 0.25) is 5.91 Å². The maximum Gasteiger partial charge on any atom is 0.268 e.